The van der Waals surface area contributed by atoms with Crippen molar-refractivity contribution in [1.29, 1.82) is 0 Å². The molecule has 0 aromatic heterocycles. The van der Waals surface area contributed by atoms with Crippen molar-refractivity contribution < 1.29 is 19.1 Å². The smallest absolute Gasteiger partial charge is 0.303 e. The van der Waals surface area contributed by atoms with Gasteiger partial charge in [-0.1, -0.05) is 34.1 Å². The molecule has 0 heterocycles. The molecule has 0 N–H and O–H groups in total. The molecular weight excluding hydrogens is 424 g/mol. The monoisotopic (exact) mass is 470 g/mol. The summed E-state index contributed by atoms with van der Waals surface area (Å²) in [5.74, 6) is 3.45. The van der Waals surface area contributed by atoms with E-state index in [1.54, 1.807) is 6.08 Å². The van der Waals surface area contributed by atoms with Crippen LogP contribution in [0.4, 0.5) is 0 Å². The van der Waals surface area contributed by atoms with E-state index >= 15 is 0 Å². The van der Waals surface area contributed by atoms with Gasteiger partial charge in [0, 0.05) is 25.3 Å². The van der Waals surface area contributed by atoms with Crippen molar-refractivity contribution in [2.24, 2.45) is 46.3 Å². The highest BCUT2D eigenvalue weighted by molar-refractivity contribution is 6.05. The highest BCUT2D eigenvalue weighted by Gasteiger charge is 2.61. The molecule has 190 valence electrons. The standard InChI is InChI=1S/C30H46O4/c1-18(8-9-19(2)28(4,5)34-20(3)31)23-10-11-24-22-17-27(33)26-16-21(32)12-14-30(26,7)25(22)13-15-29(23,24)6/h16,18-19,22-25H,8-15,17H2,1-7H3. The molecule has 8 unspecified atom stereocenters. The van der Waals surface area contributed by atoms with Crippen molar-refractivity contribution in [3.63, 3.8) is 0 Å². The Morgan fingerprint density at radius 1 is 1.09 bits per heavy atom. The first-order chi connectivity index (χ1) is 15.8. The summed E-state index contributed by atoms with van der Waals surface area (Å²) in [5.41, 5.74) is 0.616. The van der Waals surface area contributed by atoms with Gasteiger partial charge < -0.3 is 4.74 Å². The van der Waals surface area contributed by atoms with Crippen molar-refractivity contribution in [2.45, 2.75) is 112 Å². The van der Waals surface area contributed by atoms with Crippen LogP contribution in [-0.2, 0) is 19.1 Å². The SMILES string of the molecule is CC(=O)OC(C)(C)C(C)CCC(C)C1CCC2C3CC(=O)C4=CC(=O)CCC4(C)C3CCC12C. The number of hydrogen-bond donors (Lipinski definition) is 0. The molecule has 4 nitrogen and oxygen atoms in total. The van der Waals surface area contributed by atoms with Crippen LogP contribution >= 0.6 is 0 Å². The fraction of sp³-hybridized carbons (Fsp3) is 0.833. The topological polar surface area (TPSA) is 60.4 Å². The number of carbonyl (C=O) groups excluding carboxylic acids is 3. The average Bonchev–Trinajstić information content (AvgIpc) is 3.09. The average molecular weight is 471 g/mol. The molecule has 0 amide bonds. The molecule has 4 aliphatic carbocycles. The van der Waals surface area contributed by atoms with Crippen LogP contribution in [0.5, 0.6) is 0 Å². The van der Waals surface area contributed by atoms with Crippen LogP contribution in [0.2, 0.25) is 0 Å². The minimum absolute atomic E-state index is 0.101. The fourth-order valence-corrected chi connectivity index (χ4v) is 8.89. The summed E-state index contributed by atoms with van der Waals surface area (Å²) in [5, 5.41) is 0. The van der Waals surface area contributed by atoms with Gasteiger partial charge in [0.15, 0.2) is 11.6 Å². The molecule has 0 saturated heterocycles. The summed E-state index contributed by atoms with van der Waals surface area (Å²) >= 11 is 0. The molecule has 0 aliphatic heterocycles. The van der Waals surface area contributed by atoms with Crippen molar-refractivity contribution in [2.75, 3.05) is 0 Å². The van der Waals surface area contributed by atoms with Crippen molar-refractivity contribution in [3.8, 4) is 0 Å². The highest BCUT2D eigenvalue weighted by Crippen LogP contribution is 2.67. The Labute approximate surface area is 206 Å². The zero-order valence-electron chi connectivity index (χ0n) is 22.5. The Morgan fingerprint density at radius 3 is 2.47 bits per heavy atom. The Hall–Kier alpha value is -1.45. The second kappa shape index (κ2) is 8.89. The molecule has 0 spiro atoms. The molecular formula is C30H46O4. The first-order valence-electron chi connectivity index (χ1n) is 13.8. The zero-order chi connectivity index (χ0) is 25.1. The molecule has 4 heteroatoms. The van der Waals surface area contributed by atoms with Gasteiger partial charge in [-0.2, -0.15) is 0 Å². The molecule has 0 bridgehead atoms. The number of hydrogen-bond acceptors (Lipinski definition) is 4. The van der Waals surface area contributed by atoms with E-state index in [0.29, 0.717) is 53.8 Å². The maximum absolute atomic E-state index is 13.2. The lowest BCUT2D eigenvalue weighted by molar-refractivity contribution is -0.158. The van der Waals surface area contributed by atoms with Gasteiger partial charge in [-0.3, -0.25) is 14.4 Å². The summed E-state index contributed by atoms with van der Waals surface area (Å²) in [6.07, 6.45) is 10.9. The second-order valence-electron chi connectivity index (χ2n) is 13.3. The minimum atomic E-state index is -0.434. The summed E-state index contributed by atoms with van der Waals surface area (Å²) in [6.45, 7) is 15.0. The quantitative estimate of drug-likeness (QED) is 0.405. The number of ketones is 2. The van der Waals surface area contributed by atoms with E-state index in [4.69, 9.17) is 4.74 Å². The number of fused-ring (bicyclic) bond motifs is 5. The number of esters is 1. The molecule has 3 fully saturated rings. The van der Waals surface area contributed by atoms with Crippen LogP contribution < -0.4 is 0 Å². The van der Waals surface area contributed by atoms with E-state index < -0.39 is 5.60 Å². The molecule has 4 aliphatic rings. The lowest BCUT2D eigenvalue weighted by Crippen LogP contribution is -2.53. The van der Waals surface area contributed by atoms with Gasteiger partial charge in [0.2, 0.25) is 0 Å². The van der Waals surface area contributed by atoms with Crippen molar-refractivity contribution in [3.05, 3.63) is 11.6 Å². The van der Waals surface area contributed by atoms with Gasteiger partial charge in [0.1, 0.15) is 5.60 Å². The van der Waals surface area contributed by atoms with Gasteiger partial charge in [0.25, 0.3) is 0 Å². The van der Waals surface area contributed by atoms with Crippen LogP contribution in [0.1, 0.15) is 106 Å². The Kier molecular flexibility index (Phi) is 6.70. The lowest BCUT2D eigenvalue weighted by Gasteiger charge is -2.58. The molecule has 34 heavy (non-hydrogen) atoms. The first kappa shape index (κ1) is 25.6. The van der Waals surface area contributed by atoms with Crippen molar-refractivity contribution >= 4 is 17.5 Å². The predicted molar refractivity (Wildman–Crippen MR) is 134 cm³/mol. The van der Waals surface area contributed by atoms with Crippen molar-refractivity contribution in [1.82, 2.24) is 0 Å². The normalized spacial score (nSPS) is 39.4. The molecule has 0 radical (unpaired) electrons. The molecule has 0 aromatic carbocycles. The van der Waals surface area contributed by atoms with Crippen LogP contribution in [0.15, 0.2) is 11.6 Å². The third kappa shape index (κ3) is 4.22. The maximum Gasteiger partial charge on any atom is 0.303 e. The van der Waals surface area contributed by atoms with Gasteiger partial charge in [-0.05, 0) is 105 Å². The lowest BCUT2D eigenvalue weighted by atomic mass is 9.46. The third-order valence-electron chi connectivity index (χ3n) is 11.2. The summed E-state index contributed by atoms with van der Waals surface area (Å²) in [4.78, 5) is 36.8. The number of rotatable bonds is 6. The third-order valence-corrected chi connectivity index (χ3v) is 11.2. The van der Waals surface area contributed by atoms with Gasteiger partial charge in [-0.15, -0.1) is 0 Å². The van der Waals surface area contributed by atoms with E-state index in [1.807, 2.05) is 13.8 Å². The number of ether oxygens (including phenoxy) is 1. The Morgan fingerprint density at radius 2 is 1.79 bits per heavy atom. The Balaban J connectivity index is 1.46. The molecule has 0 aromatic rings. The van der Waals surface area contributed by atoms with Gasteiger partial charge in [-0.25, -0.2) is 0 Å². The fourth-order valence-electron chi connectivity index (χ4n) is 8.89. The minimum Gasteiger partial charge on any atom is -0.460 e. The number of carbonyl (C=O) groups is 3. The number of Topliss-reactive ketones (excluding diaryl/α,β-unsaturated/α-hetero) is 1. The van der Waals surface area contributed by atoms with E-state index in [-0.39, 0.29) is 23.0 Å². The van der Waals surface area contributed by atoms with Crippen LogP contribution in [0.25, 0.3) is 0 Å². The zero-order valence-corrected chi connectivity index (χ0v) is 22.5. The summed E-state index contributed by atoms with van der Waals surface area (Å²) in [7, 11) is 0. The van der Waals surface area contributed by atoms with Gasteiger partial charge >= 0.3 is 5.97 Å². The van der Waals surface area contributed by atoms with E-state index in [0.717, 1.165) is 24.8 Å². The van der Waals surface area contributed by atoms with Gasteiger partial charge in [0.05, 0.1) is 0 Å². The second-order valence-corrected chi connectivity index (χ2v) is 13.3. The van der Waals surface area contributed by atoms with E-state index in [9.17, 15) is 14.4 Å². The molecule has 4 rings (SSSR count). The van der Waals surface area contributed by atoms with Crippen LogP contribution in [-0.4, -0.2) is 23.1 Å². The largest absolute Gasteiger partial charge is 0.460 e. The highest BCUT2D eigenvalue weighted by atomic mass is 16.6. The molecule has 8 atom stereocenters. The van der Waals surface area contributed by atoms with Crippen LogP contribution in [0.3, 0.4) is 0 Å². The first-order valence-corrected chi connectivity index (χ1v) is 13.8. The Bertz CT molecular complexity index is 884. The number of allylic oxidation sites excluding steroid dienone is 1. The predicted octanol–water partition coefficient (Wildman–Crippen LogP) is 6.71. The van der Waals surface area contributed by atoms with Crippen LogP contribution in [0, 0.1) is 46.3 Å². The summed E-state index contributed by atoms with van der Waals surface area (Å²) < 4.78 is 5.60. The van der Waals surface area contributed by atoms with E-state index in [2.05, 4.69) is 27.7 Å². The summed E-state index contributed by atoms with van der Waals surface area (Å²) in [6, 6.07) is 0. The van der Waals surface area contributed by atoms with E-state index in [1.165, 1.54) is 32.6 Å². The maximum atomic E-state index is 13.2. The molecule has 3 saturated carbocycles.